The summed E-state index contributed by atoms with van der Waals surface area (Å²) in [6, 6.07) is 10.9. The second-order valence-corrected chi connectivity index (χ2v) is 6.95. The summed E-state index contributed by atoms with van der Waals surface area (Å²) < 4.78 is 11.2. The number of nitrogens with two attached hydrogens (primary N) is 1. The zero-order valence-corrected chi connectivity index (χ0v) is 16.3. The Morgan fingerprint density at radius 1 is 1.24 bits per heavy atom. The lowest BCUT2D eigenvalue weighted by Crippen LogP contribution is -2.93. The SMILES string of the molecule is CC[C@H](C)[C@@H]([NH2+]Cc1c(O)ccc2c(=O)c(Oc3ccccc3)coc12)C(=O)[O-]. The highest BCUT2D eigenvalue weighted by molar-refractivity contribution is 5.82. The first-order valence-corrected chi connectivity index (χ1v) is 9.45. The molecule has 0 amide bonds. The molecule has 2 aromatic carbocycles. The molecule has 0 fully saturated rings. The van der Waals surface area contributed by atoms with Crippen molar-refractivity contribution in [3.63, 3.8) is 0 Å². The van der Waals surface area contributed by atoms with Crippen LogP contribution in [0.1, 0.15) is 25.8 Å². The van der Waals surface area contributed by atoms with Crippen LogP contribution in [-0.4, -0.2) is 17.1 Å². The van der Waals surface area contributed by atoms with Crippen LogP contribution in [0.2, 0.25) is 0 Å². The maximum absolute atomic E-state index is 12.8. The van der Waals surface area contributed by atoms with Crippen molar-refractivity contribution in [3.8, 4) is 17.2 Å². The van der Waals surface area contributed by atoms with E-state index in [-0.39, 0.29) is 40.4 Å². The molecule has 29 heavy (non-hydrogen) atoms. The van der Waals surface area contributed by atoms with Gasteiger partial charge in [0.05, 0.1) is 16.9 Å². The van der Waals surface area contributed by atoms with Crippen molar-refractivity contribution in [2.75, 3.05) is 0 Å². The molecule has 152 valence electrons. The number of quaternary nitrogens is 1. The molecule has 0 aliphatic rings. The number of hydrogen-bond acceptors (Lipinski definition) is 6. The molecule has 0 saturated carbocycles. The molecule has 3 N–H and O–H groups in total. The highest BCUT2D eigenvalue weighted by atomic mass is 16.5. The van der Waals surface area contributed by atoms with E-state index in [4.69, 9.17) is 9.15 Å². The molecule has 0 radical (unpaired) electrons. The Morgan fingerprint density at radius 3 is 2.62 bits per heavy atom. The van der Waals surface area contributed by atoms with Gasteiger partial charge in [-0.3, -0.25) is 4.79 Å². The normalized spacial score (nSPS) is 13.2. The first-order chi connectivity index (χ1) is 13.9. The van der Waals surface area contributed by atoms with E-state index in [9.17, 15) is 19.8 Å². The van der Waals surface area contributed by atoms with Crippen LogP contribution in [0.25, 0.3) is 11.0 Å². The summed E-state index contributed by atoms with van der Waals surface area (Å²) in [6.45, 7) is 3.85. The molecule has 7 nitrogen and oxygen atoms in total. The van der Waals surface area contributed by atoms with Crippen molar-refractivity contribution in [2.24, 2.45) is 5.92 Å². The van der Waals surface area contributed by atoms with E-state index < -0.39 is 12.0 Å². The number of carboxylic acid groups (broad SMARTS) is 1. The predicted octanol–water partition coefficient (Wildman–Crippen LogP) is 1.52. The average molecular weight is 397 g/mol. The summed E-state index contributed by atoms with van der Waals surface area (Å²) in [5.74, 6) is -0.836. The maximum atomic E-state index is 12.8. The molecule has 0 spiro atoms. The number of hydrogen-bond donors (Lipinski definition) is 2. The first kappa shape index (κ1) is 20.4. The molecule has 2 atom stereocenters. The van der Waals surface area contributed by atoms with Crippen molar-refractivity contribution in [2.45, 2.75) is 32.9 Å². The van der Waals surface area contributed by atoms with Crippen LogP contribution in [0.5, 0.6) is 17.2 Å². The third-order valence-electron chi connectivity index (χ3n) is 5.06. The Hall–Kier alpha value is -3.32. The van der Waals surface area contributed by atoms with Gasteiger partial charge in [0.15, 0.2) is 5.58 Å². The van der Waals surface area contributed by atoms with Gasteiger partial charge < -0.3 is 29.5 Å². The fourth-order valence-electron chi connectivity index (χ4n) is 3.17. The molecule has 0 aliphatic carbocycles. The van der Waals surface area contributed by atoms with E-state index in [0.29, 0.717) is 17.7 Å². The minimum atomic E-state index is -1.17. The van der Waals surface area contributed by atoms with E-state index in [1.54, 1.807) is 29.6 Å². The largest absolute Gasteiger partial charge is 0.544 e. The molecule has 1 aromatic heterocycles. The van der Waals surface area contributed by atoms with Crippen LogP contribution >= 0.6 is 0 Å². The van der Waals surface area contributed by atoms with Crippen LogP contribution in [0.4, 0.5) is 0 Å². The molecule has 0 saturated heterocycles. The van der Waals surface area contributed by atoms with Gasteiger partial charge in [0.1, 0.15) is 30.3 Å². The van der Waals surface area contributed by atoms with Crippen LogP contribution < -0.4 is 20.6 Å². The second kappa shape index (κ2) is 8.79. The molecular weight excluding hydrogens is 374 g/mol. The van der Waals surface area contributed by atoms with Gasteiger partial charge in [-0.15, -0.1) is 0 Å². The summed E-state index contributed by atoms with van der Waals surface area (Å²) in [4.78, 5) is 24.3. The van der Waals surface area contributed by atoms with Gasteiger partial charge in [-0.25, -0.2) is 0 Å². The van der Waals surface area contributed by atoms with Crippen LogP contribution in [0, 0.1) is 5.92 Å². The number of carbonyl (C=O) groups is 1. The summed E-state index contributed by atoms with van der Waals surface area (Å²) >= 11 is 0. The third-order valence-corrected chi connectivity index (χ3v) is 5.06. The Morgan fingerprint density at radius 2 is 1.97 bits per heavy atom. The van der Waals surface area contributed by atoms with E-state index in [1.807, 2.05) is 19.9 Å². The van der Waals surface area contributed by atoms with Crippen molar-refractivity contribution in [1.29, 1.82) is 0 Å². The van der Waals surface area contributed by atoms with Crippen molar-refractivity contribution in [1.82, 2.24) is 0 Å². The summed E-state index contributed by atoms with van der Waals surface area (Å²) in [6.07, 6.45) is 1.87. The van der Waals surface area contributed by atoms with Gasteiger partial charge in [-0.2, -0.15) is 0 Å². The molecular formula is C22H23NO6. The fourth-order valence-corrected chi connectivity index (χ4v) is 3.17. The van der Waals surface area contributed by atoms with E-state index >= 15 is 0 Å². The highest BCUT2D eigenvalue weighted by Gasteiger charge is 2.23. The molecule has 0 unspecified atom stereocenters. The van der Waals surface area contributed by atoms with E-state index in [1.165, 1.54) is 18.4 Å². The van der Waals surface area contributed by atoms with Gasteiger partial charge in [0.2, 0.25) is 11.2 Å². The van der Waals surface area contributed by atoms with Crippen LogP contribution in [0.15, 0.2) is 57.9 Å². The maximum Gasteiger partial charge on any atom is 0.235 e. The first-order valence-electron chi connectivity index (χ1n) is 9.45. The second-order valence-electron chi connectivity index (χ2n) is 6.95. The number of para-hydroxylation sites is 1. The van der Waals surface area contributed by atoms with E-state index in [2.05, 4.69) is 0 Å². The smallest absolute Gasteiger partial charge is 0.235 e. The lowest BCUT2D eigenvalue weighted by atomic mass is 9.99. The number of phenolic OH excluding ortho intramolecular Hbond substituents is 1. The Bertz CT molecular complexity index is 1060. The lowest BCUT2D eigenvalue weighted by Gasteiger charge is -2.22. The average Bonchev–Trinajstić information content (AvgIpc) is 2.71. The number of fused-ring (bicyclic) bond motifs is 1. The quantitative estimate of drug-likeness (QED) is 0.595. The van der Waals surface area contributed by atoms with Crippen molar-refractivity contribution in [3.05, 3.63) is 64.5 Å². The highest BCUT2D eigenvalue weighted by Crippen LogP contribution is 2.27. The molecule has 1 heterocycles. The summed E-state index contributed by atoms with van der Waals surface area (Å²) in [7, 11) is 0. The Labute approximate surface area is 167 Å². The standard InChI is InChI=1S/C22H23NO6/c1-3-13(2)19(22(26)27)23-11-16-17(24)10-9-15-20(25)18(12-28-21(15)16)29-14-7-5-4-6-8-14/h4-10,12-13,19,23-24H,3,11H2,1-2H3,(H,26,27)/t13-,19+/m0/s1. The van der Waals surface area contributed by atoms with E-state index in [0.717, 1.165) is 0 Å². The zero-order chi connectivity index (χ0) is 21.0. The fraction of sp³-hybridized carbons (Fsp3) is 0.273. The summed E-state index contributed by atoms with van der Waals surface area (Å²) in [5, 5.41) is 23.5. The van der Waals surface area contributed by atoms with Gasteiger partial charge in [-0.05, 0) is 30.7 Å². The number of phenols is 1. The topological polar surface area (TPSA) is 116 Å². The number of ether oxygens (including phenoxy) is 1. The lowest BCUT2D eigenvalue weighted by molar-refractivity contribution is -0.704. The molecule has 7 heteroatoms. The van der Waals surface area contributed by atoms with Gasteiger partial charge in [-0.1, -0.05) is 32.0 Å². The molecule has 3 aromatic rings. The van der Waals surface area contributed by atoms with Gasteiger partial charge >= 0.3 is 0 Å². The minimum absolute atomic E-state index is 0.0246. The summed E-state index contributed by atoms with van der Waals surface area (Å²) in [5.41, 5.74) is 0.169. The number of aliphatic carboxylic acids is 1. The van der Waals surface area contributed by atoms with Gasteiger partial charge in [0.25, 0.3) is 0 Å². The Kier molecular flexibility index (Phi) is 6.19. The van der Waals surface area contributed by atoms with Gasteiger partial charge in [0, 0.05) is 5.92 Å². The number of rotatable bonds is 8. The zero-order valence-electron chi connectivity index (χ0n) is 16.3. The predicted molar refractivity (Wildman–Crippen MR) is 105 cm³/mol. The number of carboxylic acids is 1. The monoisotopic (exact) mass is 397 g/mol. The Balaban J connectivity index is 1.94. The molecule has 0 bridgehead atoms. The number of benzene rings is 2. The number of carbonyl (C=O) groups excluding carboxylic acids is 1. The van der Waals surface area contributed by atoms with Crippen molar-refractivity contribution < 1.29 is 29.5 Å². The molecule has 3 rings (SSSR count). The van der Waals surface area contributed by atoms with Crippen LogP contribution in [0.3, 0.4) is 0 Å². The van der Waals surface area contributed by atoms with Crippen LogP contribution in [-0.2, 0) is 11.3 Å². The number of aromatic hydroxyl groups is 1. The third kappa shape index (κ3) is 4.41. The molecule has 0 aliphatic heterocycles. The van der Waals surface area contributed by atoms with Crippen molar-refractivity contribution >= 4 is 16.9 Å². The minimum Gasteiger partial charge on any atom is -0.544 e.